The Morgan fingerprint density at radius 2 is 0.581 bits per heavy atom. The van der Waals surface area contributed by atoms with E-state index in [0.717, 1.165) is 38.9 Å². The number of hydrogen-bond acceptors (Lipinski definition) is 3. The zero-order chi connectivity index (χ0) is 49.0. The van der Waals surface area contributed by atoms with Gasteiger partial charge in [-0.25, -0.2) is 15.0 Å². The number of rotatable bonds is 9. The molecule has 0 saturated heterocycles. The highest BCUT2D eigenvalue weighted by Crippen LogP contribution is 2.56. The van der Waals surface area contributed by atoms with Crippen LogP contribution in [0.5, 0.6) is 0 Å². The van der Waals surface area contributed by atoms with E-state index in [1.165, 1.54) is 88.3 Å². The highest BCUT2D eigenvalue weighted by Gasteiger charge is 2.29. The fourth-order valence-electron chi connectivity index (χ4n) is 11.2. The van der Waals surface area contributed by atoms with Gasteiger partial charge in [-0.1, -0.05) is 261 Å². The lowest BCUT2D eigenvalue weighted by atomic mass is 9.87. The van der Waals surface area contributed by atoms with Gasteiger partial charge in [0.1, 0.15) is 0 Å². The van der Waals surface area contributed by atoms with E-state index in [-0.39, 0.29) is 0 Å². The second-order valence-electron chi connectivity index (χ2n) is 19.0. The van der Waals surface area contributed by atoms with Crippen LogP contribution in [0.4, 0.5) is 0 Å². The molecule has 0 radical (unpaired) electrons. The molecule has 0 saturated carbocycles. The van der Waals surface area contributed by atoms with Gasteiger partial charge in [0.2, 0.25) is 0 Å². The Labute approximate surface area is 430 Å². The highest BCUT2D eigenvalue weighted by molar-refractivity contribution is 6.23. The van der Waals surface area contributed by atoms with Crippen molar-refractivity contribution in [2.24, 2.45) is 0 Å². The lowest BCUT2D eigenvalue weighted by molar-refractivity contribution is 1.07. The van der Waals surface area contributed by atoms with Crippen LogP contribution >= 0.6 is 0 Å². The van der Waals surface area contributed by atoms with Crippen LogP contribution in [0, 0.1) is 0 Å². The smallest absolute Gasteiger partial charge is 0.164 e. The predicted molar refractivity (Wildman–Crippen MR) is 308 cm³/mol. The molecule has 1 aromatic heterocycles. The Morgan fingerprint density at radius 3 is 1.23 bits per heavy atom. The van der Waals surface area contributed by atoms with E-state index >= 15 is 0 Å². The fraction of sp³-hybridized carbons (Fsp3) is 0. The molecule has 14 rings (SSSR count). The Morgan fingerprint density at radius 1 is 0.189 bits per heavy atom. The first-order chi connectivity index (χ1) is 36.7. The third-order valence-electron chi connectivity index (χ3n) is 14.7. The molecule has 0 amide bonds. The van der Waals surface area contributed by atoms with Gasteiger partial charge in [0.25, 0.3) is 0 Å². The maximum atomic E-state index is 5.15. The molecule has 3 heteroatoms. The summed E-state index contributed by atoms with van der Waals surface area (Å²) in [5.41, 5.74) is 22.2. The lowest BCUT2D eigenvalue weighted by Gasteiger charge is -2.16. The van der Waals surface area contributed by atoms with E-state index in [4.69, 9.17) is 15.0 Å². The molecule has 3 nitrogen and oxygen atoms in total. The van der Waals surface area contributed by atoms with Gasteiger partial charge < -0.3 is 0 Å². The summed E-state index contributed by atoms with van der Waals surface area (Å²) in [4.78, 5) is 15.3. The van der Waals surface area contributed by atoms with Crippen LogP contribution in [0.15, 0.2) is 273 Å². The van der Waals surface area contributed by atoms with Crippen LogP contribution in [-0.2, 0) is 0 Å². The Balaban J connectivity index is 0.873. The molecule has 0 spiro atoms. The Kier molecular flexibility index (Phi) is 10.5. The fourth-order valence-corrected chi connectivity index (χ4v) is 11.2. The largest absolute Gasteiger partial charge is 0.208 e. The summed E-state index contributed by atoms with van der Waals surface area (Å²) in [6, 6.07) is 98.0. The van der Waals surface area contributed by atoms with Crippen molar-refractivity contribution in [3.63, 3.8) is 0 Å². The molecule has 0 bridgehead atoms. The van der Waals surface area contributed by atoms with E-state index in [2.05, 4.69) is 249 Å². The first-order valence-corrected chi connectivity index (χ1v) is 25.3. The Hall–Kier alpha value is -9.83. The molecule has 12 aromatic carbocycles. The second-order valence-corrected chi connectivity index (χ2v) is 19.0. The Bertz CT molecular complexity index is 4190. The standard InChI is InChI=1S/C71H45N3/c1-5-18-46(19-6-1)53-27-15-30-56(44-53)71-73-69(51-25-11-4-12-26-51)72-70(74-71)52-36-34-50(35-37-52)65-58-31-14-13-24-49(58)38-39-61(65)55-29-16-28-54(45-55)57-40-43-64-66-62(57)32-17-33-63(66)67-59(47-20-7-2-8-21-47)41-42-60(68(64)67)48-22-9-3-10-23-48/h1-45H. The zero-order valence-electron chi connectivity index (χ0n) is 40.3. The molecule has 1 aliphatic carbocycles. The van der Waals surface area contributed by atoms with E-state index in [9.17, 15) is 0 Å². The van der Waals surface area contributed by atoms with Crippen LogP contribution in [0.3, 0.4) is 0 Å². The highest BCUT2D eigenvalue weighted by atomic mass is 15.0. The minimum Gasteiger partial charge on any atom is -0.208 e. The van der Waals surface area contributed by atoms with Gasteiger partial charge >= 0.3 is 0 Å². The first kappa shape index (κ1) is 43.0. The van der Waals surface area contributed by atoms with Crippen LogP contribution in [0.25, 0.3) is 145 Å². The van der Waals surface area contributed by atoms with Crippen LogP contribution in [-0.4, -0.2) is 15.0 Å². The van der Waals surface area contributed by atoms with Gasteiger partial charge in [0.05, 0.1) is 0 Å². The lowest BCUT2D eigenvalue weighted by Crippen LogP contribution is -2.00. The summed E-state index contributed by atoms with van der Waals surface area (Å²) >= 11 is 0. The van der Waals surface area contributed by atoms with Crippen LogP contribution < -0.4 is 0 Å². The van der Waals surface area contributed by atoms with E-state index in [0.29, 0.717) is 17.5 Å². The van der Waals surface area contributed by atoms with Gasteiger partial charge in [-0.2, -0.15) is 0 Å². The van der Waals surface area contributed by atoms with Gasteiger partial charge in [-0.05, 0) is 123 Å². The molecule has 74 heavy (non-hydrogen) atoms. The van der Waals surface area contributed by atoms with E-state index < -0.39 is 0 Å². The van der Waals surface area contributed by atoms with Gasteiger partial charge in [0.15, 0.2) is 17.5 Å². The van der Waals surface area contributed by atoms with Crippen molar-refractivity contribution in [3.05, 3.63) is 273 Å². The quantitative estimate of drug-likeness (QED) is 0.145. The molecule has 0 aliphatic heterocycles. The van der Waals surface area contributed by atoms with Crippen molar-refractivity contribution < 1.29 is 0 Å². The van der Waals surface area contributed by atoms with E-state index in [1.807, 2.05) is 24.3 Å². The normalized spacial score (nSPS) is 11.5. The molecule has 344 valence electrons. The summed E-state index contributed by atoms with van der Waals surface area (Å²) in [7, 11) is 0. The maximum absolute atomic E-state index is 5.15. The average molecular weight is 940 g/mol. The minimum absolute atomic E-state index is 0.623. The predicted octanol–water partition coefficient (Wildman–Crippen LogP) is 18.8. The van der Waals surface area contributed by atoms with Crippen molar-refractivity contribution in [3.8, 4) is 123 Å². The third-order valence-corrected chi connectivity index (χ3v) is 14.7. The van der Waals surface area contributed by atoms with Crippen molar-refractivity contribution in [1.82, 2.24) is 15.0 Å². The number of benzene rings is 12. The number of nitrogens with zero attached hydrogens (tertiary/aromatic N) is 3. The average Bonchev–Trinajstić information content (AvgIpc) is 3.83. The van der Waals surface area contributed by atoms with Crippen molar-refractivity contribution in [2.75, 3.05) is 0 Å². The van der Waals surface area contributed by atoms with Gasteiger partial charge in [-0.15, -0.1) is 0 Å². The van der Waals surface area contributed by atoms with E-state index in [1.54, 1.807) is 0 Å². The monoisotopic (exact) mass is 939 g/mol. The third kappa shape index (κ3) is 7.50. The summed E-state index contributed by atoms with van der Waals surface area (Å²) in [5.74, 6) is 1.89. The minimum atomic E-state index is 0.623. The zero-order valence-corrected chi connectivity index (χ0v) is 40.3. The number of aromatic nitrogens is 3. The van der Waals surface area contributed by atoms with Crippen molar-refractivity contribution >= 4 is 21.5 Å². The molecular formula is C71H45N3. The van der Waals surface area contributed by atoms with Gasteiger partial charge in [-0.3, -0.25) is 0 Å². The molecular weight excluding hydrogens is 895 g/mol. The molecule has 1 heterocycles. The summed E-state index contributed by atoms with van der Waals surface area (Å²) in [6.07, 6.45) is 0. The summed E-state index contributed by atoms with van der Waals surface area (Å²) in [6.45, 7) is 0. The summed E-state index contributed by atoms with van der Waals surface area (Å²) < 4.78 is 0. The molecule has 0 N–H and O–H groups in total. The topological polar surface area (TPSA) is 38.7 Å². The number of hydrogen-bond donors (Lipinski definition) is 0. The molecule has 0 fully saturated rings. The van der Waals surface area contributed by atoms with Crippen LogP contribution in [0.1, 0.15) is 0 Å². The first-order valence-electron chi connectivity index (χ1n) is 25.3. The van der Waals surface area contributed by atoms with Gasteiger partial charge in [0, 0.05) is 16.7 Å². The molecule has 0 unspecified atom stereocenters. The van der Waals surface area contributed by atoms with Crippen LogP contribution in [0.2, 0.25) is 0 Å². The SMILES string of the molecule is c1ccc(-c2cccc(-c3nc(-c4ccccc4)nc(-c4ccc(-c5c(-c6cccc(-c7ccc8c9c(cccc79)-c7c(-c9ccccc9)ccc(-c9ccccc9)c7-8)c6)ccc6ccccc56)cc4)n3)c2)cc1. The molecule has 1 aliphatic rings. The van der Waals surface area contributed by atoms with Crippen molar-refractivity contribution in [1.29, 1.82) is 0 Å². The molecule has 13 aromatic rings. The maximum Gasteiger partial charge on any atom is 0.164 e. The summed E-state index contributed by atoms with van der Waals surface area (Å²) in [5, 5.41) is 4.94. The molecule has 0 atom stereocenters. The number of fused-ring (bicyclic) bond motifs is 4. The van der Waals surface area contributed by atoms with Crippen molar-refractivity contribution in [2.45, 2.75) is 0 Å². The second kappa shape index (κ2) is 18.1.